The van der Waals surface area contributed by atoms with Crippen LogP contribution < -0.4 is 5.32 Å². The lowest BCUT2D eigenvalue weighted by molar-refractivity contribution is 0.274. The molecule has 0 bridgehead atoms. The van der Waals surface area contributed by atoms with Crippen molar-refractivity contribution in [1.82, 2.24) is 10.2 Å². The molecular weight excluding hydrogens is 215 g/mol. The molecule has 1 aromatic carbocycles. The van der Waals surface area contributed by atoms with E-state index >= 15 is 0 Å². The lowest BCUT2D eigenvalue weighted by atomic mass is 9.93. The second-order valence-corrected chi connectivity index (χ2v) is 5.04. The van der Waals surface area contributed by atoms with Crippen molar-refractivity contribution in [3.63, 3.8) is 0 Å². The van der Waals surface area contributed by atoms with Gasteiger partial charge in [0.25, 0.3) is 0 Å². The molecule has 2 rings (SSSR count). The Morgan fingerprint density at radius 2 is 2.24 bits per heavy atom. The molecule has 3 heteroatoms. The van der Waals surface area contributed by atoms with Gasteiger partial charge in [-0.05, 0) is 63.6 Å². The summed E-state index contributed by atoms with van der Waals surface area (Å²) in [6, 6.07) is 5.93. The van der Waals surface area contributed by atoms with Crippen LogP contribution in [0.1, 0.15) is 23.6 Å². The molecule has 1 aliphatic heterocycles. The molecule has 2 unspecified atom stereocenters. The molecule has 94 valence electrons. The Morgan fingerprint density at radius 3 is 2.88 bits per heavy atom. The summed E-state index contributed by atoms with van der Waals surface area (Å²) in [7, 11) is 4.14. The van der Waals surface area contributed by atoms with E-state index in [1.165, 1.54) is 12.0 Å². The molecular formula is C14H21FN2. The molecule has 0 radical (unpaired) electrons. The maximum atomic E-state index is 13.3. The van der Waals surface area contributed by atoms with E-state index in [-0.39, 0.29) is 5.82 Å². The van der Waals surface area contributed by atoms with E-state index in [9.17, 15) is 4.39 Å². The highest BCUT2D eigenvalue weighted by Crippen LogP contribution is 2.36. The van der Waals surface area contributed by atoms with E-state index < -0.39 is 0 Å². The molecule has 0 spiro atoms. The van der Waals surface area contributed by atoms with Crippen molar-refractivity contribution in [2.75, 3.05) is 27.2 Å². The molecule has 1 aliphatic rings. The molecule has 1 heterocycles. The average Bonchev–Trinajstić information content (AvgIpc) is 2.65. The van der Waals surface area contributed by atoms with Crippen molar-refractivity contribution >= 4 is 0 Å². The zero-order valence-electron chi connectivity index (χ0n) is 10.8. The first-order valence-electron chi connectivity index (χ1n) is 6.24. The van der Waals surface area contributed by atoms with Gasteiger partial charge in [-0.2, -0.15) is 0 Å². The van der Waals surface area contributed by atoms with Crippen molar-refractivity contribution in [2.24, 2.45) is 5.92 Å². The maximum absolute atomic E-state index is 13.3. The fourth-order valence-corrected chi connectivity index (χ4v) is 2.88. The van der Waals surface area contributed by atoms with E-state index in [0.717, 1.165) is 18.7 Å². The Labute approximate surface area is 103 Å². The number of aryl methyl sites for hydroxylation is 1. The molecule has 0 saturated carbocycles. The zero-order valence-corrected chi connectivity index (χ0v) is 10.8. The smallest absolute Gasteiger partial charge is 0.126 e. The summed E-state index contributed by atoms with van der Waals surface area (Å²) in [6.45, 7) is 3.97. The summed E-state index contributed by atoms with van der Waals surface area (Å²) in [5.74, 6) is 0.509. The van der Waals surface area contributed by atoms with Crippen LogP contribution in [-0.4, -0.2) is 32.1 Å². The van der Waals surface area contributed by atoms with Crippen LogP contribution in [0.15, 0.2) is 18.2 Å². The van der Waals surface area contributed by atoms with Crippen LogP contribution in [-0.2, 0) is 0 Å². The van der Waals surface area contributed by atoms with Crippen molar-refractivity contribution in [1.29, 1.82) is 0 Å². The van der Waals surface area contributed by atoms with Crippen LogP contribution in [0.4, 0.5) is 4.39 Å². The van der Waals surface area contributed by atoms with E-state index in [4.69, 9.17) is 0 Å². The minimum absolute atomic E-state index is 0.112. The number of nitrogens with one attached hydrogen (secondary N) is 1. The minimum Gasteiger partial charge on any atom is -0.319 e. The number of rotatable bonds is 3. The number of nitrogens with zero attached hydrogens (tertiary/aromatic N) is 1. The van der Waals surface area contributed by atoms with Crippen molar-refractivity contribution < 1.29 is 4.39 Å². The predicted octanol–water partition coefficient (Wildman–Crippen LogP) is 2.35. The van der Waals surface area contributed by atoms with Crippen LogP contribution in [0.2, 0.25) is 0 Å². The summed E-state index contributed by atoms with van der Waals surface area (Å²) in [5, 5.41) is 3.26. The van der Waals surface area contributed by atoms with Gasteiger partial charge in [-0.25, -0.2) is 4.39 Å². The van der Waals surface area contributed by atoms with Gasteiger partial charge in [0, 0.05) is 6.04 Å². The van der Waals surface area contributed by atoms with Crippen LogP contribution >= 0.6 is 0 Å². The molecule has 0 amide bonds. The first-order valence-corrected chi connectivity index (χ1v) is 6.24. The van der Waals surface area contributed by atoms with Crippen molar-refractivity contribution in [2.45, 2.75) is 19.4 Å². The van der Waals surface area contributed by atoms with E-state index in [0.29, 0.717) is 12.0 Å². The molecule has 1 N–H and O–H groups in total. The third kappa shape index (κ3) is 2.50. The molecule has 0 aliphatic carbocycles. The van der Waals surface area contributed by atoms with Gasteiger partial charge < -0.3 is 5.32 Å². The number of likely N-dealkylation sites (tertiary alicyclic amines) is 1. The first-order chi connectivity index (χ1) is 8.13. The summed E-state index contributed by atoms with van der Waals surface area (Å²) in [4.78, 5) is 2.37. The fourth-order valence-electron chi connectivity index (χ4n) is 2.88. The van der Waals surface area contributed by atoms with Gasteiger partial charge in [-0.1, -0.05) is 12.1 Å². The number of hydrogen-bond donors (Lipinski definition) is 1. The number of halogens is 1. The summed E-state index contributed by atoms with van der Waals surface area (Å²) < 4.78 is 13.3. The molecule has 0 aromatic heterocycles. The van der Waals surface area contributed by atoms with Crippen molar-refractivity contribution in [3.8, 4) is 0 Å². The van der Waals surface area contributed by atoms with E-state index in [1.807, 2.05) is 26.1 Å². The highest BCUT2D eigenvalue weighted by atomic mass is 19.1. The van der Waals surface area contributed by atoms with Crippen LogP contribution in [0.5, 0.6) is 0 Å². The highest BCUT2D eigenvalue weighted by molar-refractivity contribution is 5.27. The standard InChI is InChI=1S/C14H21FN2/c1-10-8-11(4-5-13(10)15)14-12(9-16-2)6-7-17(14)3/h4-5,8,12,14,16H,6-7,9H2,1-3H3. The molecule has 1 fully saturated rings. The highest BCUT2D eigenvalue weighted by Gasteiger charge is 2.32. The van der Waals surface area contributed by atoms with Gasteiger partial charge in [0.2, 0.25) is 0 Å². The Bertz CT molecular complexity index is 390. The van der Waals surface area contributed by atoms with Gasteiger partial charge in [0.15, 0.2) is 0 Å². The molecule has 1 aromatic rings. The quantitative estimate of drug-likeness (QED) is 0.866. The lowest BCUT2D eigenvalue weighted by Gasteiger charge is -2.25. The van der Waals surface area contributed by atoms with Gasteiger partial charge in [-0.15, -0.1) is 0 Å². The molecule has 17 heavy (non-hydrogen) atoms. The van der Waals surface area contributed by atoms with Crippen LogP contribution in [0.3, 0.4) is 0 Å². The van der Waals surface area contributed by atoms with E-state index in [2.05, 4.69) is 17.3 Å². The third-order valence-electron chi connectivity index (χ3n) is 3.76. The first kappa shape index (κ1) is 12.5. The summed E-state index contributed by atoms with van der Waals surface area (Å²) in [6.07, 6.45) is 1.21. The minimum atomic E-state index is -0.112. The Morgan fingerprint density at radius 1 is 1.47 bits per heavy atom. The van der Waals surface area contributed by atoms with Crippen LogP contribution in [0.25, 0.3) is 0 Å². The Kier molecular flexibility index (Phi) is 3.79. The zero-order chi connectivity index (χ0) is 12.4. The average molecular weight is 236 g/mol. The molecule has 2 atom stereocenters. The topological polar surface area (TPSA) is 15.3 Å². The monoisotopic (exact) mass is 236 g/mol. The SMILES string of the molecule is CNCC1CCN(C)C1c1ccc(F)c(C)c1. The third-order valence-corrected chi connectivity index (χ3v) is 3.76. The van der Waals surface area contributed by atoms with Gasteiger partial charge in [0.05, 0.1) is 0 Å². The van der Waals surface area contributed by atoms with Gasteiger partial charge in [0.1, 0.15) is 5.82 Å². The van der Waals surface area contributed by atoms with E-state index in [1.54, 1.807) is 6.07 Å². The Hall–Kier alpha value is -0.930. The predicted molar refractivity (Wildman–Crippen MR) is 68.5 cm³/mol. The van der Waals surface area contributed by atoms with Crippen LogP contribution in [0, 0.1) is 18.7 Å². The fraction of sp³-hybridized carbons (Fsp3) is 0.571. The van der Waals surface area contributed by atoms with Crippen molar-refractivity contribution in [3.05, 3.63) is 35.1 Å². The second kappa shape index (κ2) is 5.15. The second-order valence-electron chi connectivity index (χ2n) is 5.04. The summed E-state index contributed by atoms with van der Waals surface area (Å²) in [5.41, 5.74) is 1.98. The maximum Gasteiger partial charge on any atom is 0.126 e. The van der Waals surface area contributed by atoms with Gasteiger partial charge in [-0.3, -0.25) is 4.90 Å². The largest absolute Gasteiger partial charge is 0.319 e. The molecule has 2 nitrogen and oxygen atoms in total. The number of hydrogen-bond acceptors (Lipinski definition) is 2. The van der Waals surface area contributed by atoms with Gasteiger partial charge >= 0.3 is 0 Å². The lowest BCUT2D eigenvalue weighted by Crippen LogP contribution is -2.26. The molecule has 1 saturated heterocycles. The Balaban J connectivity index is 2.26. The summed E-state index contributed by atoms with van der Waals surface area (Å²) >= 11 is 0. The normalized spacial score (nSPS) is 25.4. The number of benzene rings is 1.